The molecule has 0 aliphatic rings. The molecule has 0 bridgehead atoms. The first-order valence-corrected chi connectivity index (χ1v) is 8.10. The van der Waals surface area contributed by atoms with Gasteiger partial charge in [-0.25, -0.2) is 0 Å². The number of rotatable bonds is 1. The average molecular weight is 296 g/mol. The predicted octanol–water partition coefficient (Wildman–Crippen LogP) is 5.40. The second-order valence-electron chi connectivity index (χ2n) is 4.74. The van der Waals surface area contributed by atoms with Gasteiger partial charge in [-0.1, -0.05) is 6.08 Å². The van der Waals surface area contributed by atoms with Crippen LogP contribution in [0.1, 0.15) is 16.7 Å². The Balaban J connectivity index is 2.31. The lowest BCUT2D eigenvalue weighted by Crippen LogP contribution is -1.83. The molecular weight excluding hydrogens is 284 g/mol. The molecule has 0 atom stereocenters. The van der Waals surface area contributed by atoms with E-state index in [1.807, 2.05) is 29.6 Å². The molecule has 0 spiro atoms. The molecule has 4 rings (SSSR count). The lowest BCUT2D eigenvalue weighted by atomic mass is 10.1. The van der Waals surface area contributed by atoms with Gasteiger partial charge in [-0.15, -0.1) is 22.7 Å². The normalized spacial score (nSPS) is 12.3. The Bertz CT molecular complexity index is 976. The van der Waals surface area contributed by atoms with Crippen LogP contribution in [-0.2, 0) is 0 Å². The van der Waals surface area contributed by atoms with Gasteiger partial charge in [-0.05, 0) is 32.1 Å². The van der Waals surface area contributed by atoms with Gasteiger partial charge in [-0.3, -0.25) is 9.97 Å². The number of hydrogen-bond acceptors (Lipinski definition) is 4. The van der Waals surface area contributed by atoms with Crippen molar-refractivity contribution in [3.8, 4) is 0 Å². The fourth-order valence-electron chi connectivity index (χ4n) is 2.59. The summed E-state index contributed by atoms with van der Waals surface area (Å²) in [6.07, 6.45) is 7.79. The summed E-state index contributed by atoms with van der Waals surface area (Å²) in [6, 6.07) is 4.46. The average Bonchev–Trinajstić information content (AvgIpc) is 3.02. The second kappa shape index (κ2) is 4.36. The Kier molecular flexibility index (Phi) is 2.62. The monoisotopic (exact) mass is 296 g/mol. The van der Waals surface area contributed by atoms with Crippen molar-refractivity contribution in [3.63, 3.8) is 0 Å². The molecule has 3 aromatic heterocycles. The van der Waals surface area contributed by atoms with Crippen LogP contribution in [0.15, 0.2) is 30.6 Å². The minimum Gasteiger partial charge on any atom is -0.252 e. The third kappa shape index (κ3) is 1.62. The van der Waals surface area contributed by atoms with Crippen molar-refractivity contribution in [1.82, 2.24) is 9.97 Å². The van der Waals surface area contributed by atoms with Crippen LogP contribution in [-0.4, -0.2) is 9.97 Å². The molecule has 4 heteroatoms. The Morgan fingerprint density at radius 3 is 2.30 bits per heavy atom. The number of nitrogens with zero attached hydrogens (tertiary/aromatic N) is 2. The molecule has 0 aliphatic heterocycles. The summed E-state index contributed by atoms with van der Waals surface area (Å²) in [5.74, 6) is 0. The summed E-state index contributed by atoms with van der Waals surface area (Å²) in [7, 11) is 0. The molecule has 20 heavy (non-hydrogen) atoms. The van der Waals surface area contributed by atoms with E-state index in [1.54, 1.807) is 12.4 Å². The number of hydrogen-bond donors (Lipinski definition) is 0. The molecule has 1 aromatic carbocycles. The summed E-state index contributed by atoms with van der Waals surface area (Å²) < 4.78 is 2.67. The minimum atomic E-state index is 1.01. The summed E-state index contributed by atoms with van der Waals surface area (Å²) in [5.41, 5.74) is 2.03. The highest BCUT2D eigenvalue weighted by Crippen LogP contribution is 2.42. The zero-order valence-corrected chi connectivity index (χ0v) is 12.8. The molecule has 4 aromatic rings. The zero-order valence-electron chi connectivity index (χ0n) is 11.2. The van der Waals surface area contributed by atoms with Gasteiger partial charge in [0.15, 0.2) is 0 Å². The minimum absolute atomic E-state index is 1.01. The van der Waals surface area contributed by atoms with E-state index in [0.29, 0.717) is 0 Å². The maximum Gasteiger partial charge on any atom is 0.0980 e. The fraction of sp³-hybridized carbons (Fsp3) is 0.125. The maximum atomic E-state index is 4.57. The standard InChI is InChI=1S/C16H12N2S2/c1-3-4-10-8-12-14-13(17-5-6-18-14)11-7-9(2)19-15(11)16(12)20-10/h3-8H,1-2H3/b4-3+. The van der Waals surface area contributed by atoms with Crippen molar-refractivity contribution in [2.75, 3.05) is 0 Å². The Hall–Kier alpha value is -1.78. The van der Waals surface area contributed by atoms with Gasteiger partial charge in [0.05, 0.1) is 20.4 Å². The predicted molar refractivity (Wildman–Crippen MR) is 89.7 cm³/mol. The summed E-state index contributed by atoms with van der Waals surface area (Å²) in [5, 5.41) is 2.46. The largest absolute Gasteiger partial charge is 0.252 e. The van der Waals surface area contributed by atoms with E-state index >= 15 is 0 Å². The second-order valence-corrected chi connectivity index (χ2v) is 7.09. The molecule has 0 unspecified atom stereocenters. The molecule has 3 heterocycles. The van der Waals surface area contributed by atoms with E-state index in [2.05, 4.69) is 41.2 Å². The molecule has 0 fully saturated rings. The van der Waals surface area contributed by atoms with Crippen LogP contribution in [0.5, 0.6) is 0 Å². The molecule has 0 aliphatic carbocycles. The van der Waals surface area contributed by atoms with Crippen LogP contribution < -0.4 is 0 Å². The number of allylic oxidation sites excluding steroid dienone is 1. The fourth-order valence-corrected chi connectivity index (χ4v) is 4.89. The van der Waals surface area contributed by atoms with Crippen molar-refractivity contribution in [2.45, 2.75) is 13.8 Å². The van der Waals surface area contributed by atoms with Crippen molar-refractivity contribution in [1.29, 1.82) is 0 Å². The van der Waals surface area contributed by atoms with Gasteiger partial charge in [0.2, 0.25) is 0 Å². The maximum absolute atomic E-state index is 4.57. The van der Waals surface area contributed by atoms with Gasteiger partial charge in [0.1, 0.15) is 0 Å². The van der Waals surface area contributed by atoms with Crippen LogP contribution in [0.2, 0.25) is 0 Å². The Morgan fingerprint density at radius 1 is 0.950 bits per heavy atom. The van der Waals surface area contributed by atoms with Crippen molar-refractivity contribution in [3.05, 3.63) is 40.4 Å². The van der Waals surface area contributed by atoms with E-state index in [9.17, 15) is 0 Å². The van der Waals surface area contributed by atoms with Crippen molar-refractivity contribution < 1.29 is 0 Å². The number of thiophene rings is 2. The van der Waals surface area contributed by atoms with E-state index < -0.39 is 0 Å². The molecule has 0 saturated heterocycles. The molecule has 0 N–H and O–H groups in total. The van der Waals surface area contributed by atoms with Crippen LogP contribution in [0.25, 0.3) is 37.3 Å². The molecule has 0 amide bonds. The first kappa shape index (κ1) is 12.0. The van der Waals surface area contributed by atoms with Crippen molar-refractivity contribution in [2.24, 2.45) is 0 Å². The van der Waals surface area contributed by atoms with Crippen molar-refractivity contribution >= 4 is 60.0 Å². The van der Waals surface area contributed by atoms with Gasteiger partial charge in [0, 0.05) is 32.9 Å². The number of fused-ring (bicyclic) bond motifs is 6. The summed E-state index contributed by atoms with van der Waals surface area (Å²) >= 11 is 3.68. The van der Waals surface area contributed by atoms with E-state index in [0.717, 1.165) is 11.0 Å². The van der Waals surface area contributed by atoms with Gasteiger partial charge < -0.3 is 0 Å². The van der Waals surface area contributed by atoms with Gasteiger partial charge >= 0.3 is 0 Å². The van der Waals surface area contributed by atoms with E-state index in [1.165, 1.54) is 29.9 Å². The SMILES string of the molecule is C/C=C/c1cc2c3nccnc3c3cc(C)sc3c2s1. The molecule has 0 saturated carbocycles. The summed E-state index contributed by atoms with van der Waals surface area (Å²) in [6.45, 7) is 4.20. The third-order valence-corrected chi connectivity index (χ3v) is 5.67. The topological polar surface area (TPSA) is 25.8 Å². The highest BCUT2D eigenvalue weighted by atomic mass is 32.1. The smallest absolute Gasteiger partial charge is 0.0980 e. The number of aryl methyl sites for hydroxylation is 1. The first-order chi connectivity index (χ1) is 9.78. The summed E-state index contributed by atoms with van der Waals surface area (Å²) in [4.78, 5) is 11.7. The van der Waals surface area contributed by atoms with Crippen LogP contribution in [0.4, 0.5) is 0 Å². The number of benzene rings is 1. The third-order valence-electron chi connectivity index (χ3n) is 3.35. The Morgan fingerprint density at radius 2 is 1.60 bits per heavy atom. The van der Waals surface area contributed by atoms with Crippen LogP contribution in [0, 0.1) is 6.92 Å². The van der Waals surface area contributed by atoms with Gasteiger partial charge in [-0.2, -0.15) is 0 Å². The Labute approximate surface area is 124 Å². The zero-order chi connectivity index (χ0) is 13.7. The number of aromatic nitrogens is 2. The molecule has 2 nitrogen and oxygen atoms in total. The quantitative estimate of drug-likeness (QED) is 0.470. The van der Waals surface area contributed by atoms with E-state index in [4.69, 9.17) is 0 Å². The molecular formula is C16H12N2S2. The van der Waals surface area contributed by atoms with Crippen LogP contribution in [0.3, 0.4) is 0 Å². The van der Waals surface area contributed by atoms with Gasteiger partial charge in [0.25, 0.3) is 0 Å². The highest BCUT2D eigenvalue weighted by Gasteiger charge is 2.14. The van der Waals surface area contributed by atoms with Crippen LogP contribution >= 0.6 is 22.7 Å². The lowest BCUT2D eigenvalue weighted by molar-refractivity contribution is 1.31. The first-order valence-electron chi connectivity index (χ1n) is 6.47. The van der Waals surface area contributed by atoms with E-state index in [-0.39, 0.29) is 0 Å². The molecule has 0 radical (unpaired) electrons. The lowest BCUT2D eigenvalue weighted by Gasteiger charge is -2.00. The molecule has 98 valence electrons. The highest BCUT2D eigenvalue weighted by molar-refractivity contribution is 7.27.